The first-order valence-corrected chi connectivity index (χ1v) is 6.61. The highest BCUT2D eigenvalue weighted by molar-refractivity contribution is 5.20. The van der Waals surface area contributed by atoms with Gasteiger partial charge in [0.1, 0.15) is 11.4 Å². The van der Waals surface area contributed by atoms with Crippen LogP contribution in [-0.2, 0) is 11.3 Å². The Morgan fingerprint density at radius 1 is 1.47 bits per heavy atom. The van der Waals surface area contributed by atoms with Gasteiger partial charge in [-0.25, -0.2) is 0 Å². The number of ether oxygens (including phenoxy) is 1. The summed E-state index contributed by atoms with van der Waals surface area (Å²) >= 11 is 0. The summed E-state index contributed by atoms with van der Waals surface area (Å²) in [4.78, 5) is 2.07. The number of rotatable bonds is 4. The van der Waals surface area contributed by atoms with Gasteiger partial charge in [0.2, 0.25) is 0 Å². The molecule has 2 rings (SSSR count). The fraction of sp³-hybridized carbons (Fsp3) is 0.769. The molecule has 0 aliphatic carbocycles. The van der Waals surface area contributed by atoms with Crippen LogP contribution < -0.4 is 5.32 Å². The van der Waals surface area contributed by atoms with E-state index in [1.165, 1.54) is 0 Å². The third-order valence-corrected chi connectivity index (χ3v) is 3.42. The molecule has 0 bridgehead atoms. The van der Waals surface area contributed by atoms with E-state index in [0.29, 0.717) is 32.8 Å². The fourth-order valence-electron chi connectivity index (χ4n) is 2.44. The molecule has 2 N–H and O–H groups in total. The molecule has 0 aromatic carbocycles. The van der Waals surface area contributed by atoms with Gasteiger partial charge >= 0.3 is 0 Å². The van der Waals surface area contributed by atoms with E-state index in [0.717, 1.165) is 23.6 Å². The second-order valence-corrected chi connectivity index (χ2v) is 5.43. The summed E-state index contributed by atoms with van der Waals surface area (Å²) in [7, 11) is 1.98. The summed E-state index contributed by atoms with van der Waals surface area (Å²) in [5, 5.41) is 17.7. The van der Waals surface area contributed by atoms with Crippen LogP contribution in [0.2, 0.25) is 0 Å². The summed E-state index contributed by atoms with van der Waals surface area (Å²) in [6, 6.07) is 0. The van der Waals surface area contributed by atoms with E-state index in [4.69, 9.17) is 9.26 Å². The van der Waals surface area contributed by atoms with E-state index in [2.05, 4.69) is 15.4 Å². The summed E-state index contributed by atoms with van der Waals surface area (Å²) in [5.74, 6) is 0.839. The van der Waals surface area contributed by atoms with Gasteiger partial charge in [0, 0.05) is 31.7 Å². The quantitative estimate of drug-likeness (QED) is 0.806. The molecule has 19 heavy (non-hydrogen) atoms. The van der Waals surface area contributed by atoms with Gasteiger partial charge in [0.05, 0.1) is 18.9 Å². The van der Waals surface area contributed by atoms with Crippen LogP contribution in [0.3, 0.4) is 0 Å². The summed E-state index contributed by atoms with van der Waals surface area (Å²) < 4.78 is 10.6. The Labute approximate surface area is 113 Å². The Bertz CT molecular complexity index is 392. The molecule has 6 nitrogen and oxygen atoms in total. The van der Waals surface area contributed by atoms with Gasteiger partial charge in [-0.1, -0.05) is 5.16 Å². The van der Waals surface area contributed by atoms with Crippen LogP contribution in [0, 0.1) is 13.8 Å². The number of aliphatic hydroxyl groups is 1. The van der Waals surface area contributed by atoms with E-state index >= 15 is 0 Å². The zero-order chi connectivity index (χ0) is 13.9. The van der Waals surface area contributed by atoms with Gasteiger partial charge in [0.25, 0.3) is 0 Å². The maximum atomic E-state index is 10.5. The molecule has 1 atom stereocenters. The molecule has 1 aromatic heterocycles. The van der Waals surface area contributed by atoms with Gasteiger partial charge < -0.3 is 19.7 Å². The lowest BCUT2D eigenvalue weighted by molar-refractivity contribution is -0.0462. The van der Waals surface area contributed by atoms with Gasteiger partial charge in [0.15, 0.2) is 0 Å². The lowest BCUT2D eigenvalue weighted by Gasteiger charge is -2.30. The molecular formula is C13H23N3O3. The average molecular weight is 269 g/mol. The zero-order valence-corrected chi connectivity index (χ0v) is 11.9. The summed E-state index contributed by atoms with van der Waals surface area (Å²) in [6.07, 6.45) is 0. The van der Waals surface area contributed by atoms with Crippen molar-refractivity contribution in [2.45, 2.75) is 26.0 Å². The molecule has 0 radical (unpaired) electrons. The van der Waals surface area contributed by atoms with E-state index in [1.54, 1.807) is 0 Å². The number of hydrogen-bond acceptors (Lipinski definition) is 6. The second-order valence-electron chi connectivity index (χ2n) is 5.43. The standard InChI is InChI=1S/C13H23N3O3/c1-10-12(11(2)19-15-10)6-16(3)8-13(17)7-14-4-5-18-9-13/h14,17H,4-9H2,1-3H3. The van der Waals surface area contributed by atoms with Crippen molar-refractivity contribution in [3.05, 3.63) is 17.0 Å². The molecule has 2 heterocycles. The highest BCUT2D eigenvalue weighted by Gasteiger charge is 2.30. The lowest BCUT2D eigenvalue weighted by Crippen LogP contribution is -2.50. The molecule has 0 amide bonds. The molecule has 1 saturated heterocycles. The highest BCUT2D eigenvalue weighted by atomic mass is 16.5. The predicted octanol–water partition coefficient (Wildman–Crippen LogP) is 0.0741. The lowest BCUT2D eigenvalue weighted by atomic mass is 10.0. The third kappa shape index (κ3) is 3.76. The number of aromatic nitrogens is 1. The third-order valence-electron chi connectivity index (χ3n) is 3.42. The van der Waals surface area contributed by atoms with Crippen LogP contribution in [0.4, 0.5) is 0 Å². The van der Waals surface area contributed by atoms with E-state index in [9.17, 15) is 5.11 Å². The number of likely N-dealkylation sites (N-methyl/N-ethyl adjacent to an activating group) is 1. The topological polar surface area (TPSA) is 70.8 Å². The predicted molar refractivity (Wildman–Crippen MR) is 70.9 cm³/mol. The number of nitrogens with zero attached hydrogens (tertiary/aromatic N) is 2. The Morgan fingerprint density at radius 2 is 2.26 bits per heavy atom. The van der Waals surface area contributed by atoms with E-state index in [-0.39, 0.29) is 0 Å². The van der Waals surface area contributed by atoms with Crippen LogP contribution >= 0.6 is 0 Å². The molecule has 1 aliphatic rings. The van der Waals surface area contributed by atoms with Crippen molar-refractivity contribution in [2.24, 2.45) is 0 Å². The van der Waals surface area contributed by atoms with Crippen molar-refractivity contribution in [3.8, 4) is 0 Å². The normalized spacial score (nSPS) is 24.7. The van der Waals surface area contributed by atoms with Crippen LogP contribution in [0.25, 0.3) is 0 Å². The molecular weight excluding hydrogens is 246 g/mol. The molecule has 108 valence electrons. The van der Waals surface area contributed by atoms with Gasteiger partial charge in [-0.2, -0.15) is 0 Å². The maximum absolute atomic E-state index is 10.5. The monoisotopic (exact) mass is 269 g/mol. The van der Waals surface area contributed by atoms with Crippen molar-refractivity contribution < 1.29 is 14.4 Å². The number of nitrogens with one attached hydrogen (secondary N) is 1. The second kappa shape index (κ2) is 6.00. The van der Waals surface area contributed by atoms with Gasteiger partial charge in [-0.05, 0) is 20.9 Å². The fourth-order valence-corrected chi connectivity index (χ4v) is 2.44. The Morgan fingerprint density at radius 3 is 2.95 bits per heavy atom. The first kappa shape index (κ1) is 14.5. The van der Waals surface area contributed by atoms with Crippen molar-refractivity contribution >= 4 is 0 Å². The van der Waals surface area contributed by atoms with Crippen LogP contribution in [0.1, 0.15) is 17.0 Å². The Hall–Kier alpha value is -0.950. The molecule has 6 heteroatoms. The number of β-amino-alcohol motifs (C(OH)–C–C–N with tert-alkyl or cyclic N) is 1. The van der Waals surface area contributed by atoms with Gasteiger partial charge in [-0.15, -0.1) is 0 Å². The first-order valence-electron chi connectivity index (χ1n) is 6.61. The van der Waals surface area contributed by atoms with Crippen molar-refractivity contribution in [1.82, 2.24) is 15.4 Å². The van der Waals surface area contributed by atoms with Crippen LogP contribution in [0.15, 0.2) is 4.52 Å². The molecule has 1 aliphatic heterocycles. The number of hydrogen-bond donors (Lipinski definition) is 2. The smallest absolute Gasteiger partial charge is 0.138 e. The zero-order valence-electron chi connectivity index (χ0n) is 11.9. The Balaban J connectivity index is 1.95. The largest absolute Gasteiger partial charge is 0.385 e. The summed E-state index contributed by atoms with van der Waals surface area (Å²) in [5.41, 5.74) is 1.16. The molecule has 1 fully saturated rings. The molecule has 1 aromatic rings. The maximum Gasteiger partial charge on any atom is 0.138 e. The van der Waals surface area contributed by atoms with Crippen LogP contribution in [0.5, 0.6) is 0 Å². The van der Waals surface area contributed by atoms with Crippen molar-refractivity contribution in [2.75, 3.05) is 39.9 Å². The minimum absolute atomic E-state index is 0.367. The summed E-state index contributed by atoms with van der Waals surface area (Å²) in [6.45, 7) is 7.46. The van der Waals surface area contributed by atoms with Crippen molar-refractivity contribution in [1.29, 1.82) is 0 Å². The average Bonchev–Trinajstić information content (AvgIpc) is 2.55. The van der Waals surface area contributed by atoms with Crippen LogP contribution in [-0.4, -0.2) is 60.7 Å². The van der Waals surface area contributed by atoms with Crippen molar-refractivity contribution in [3.63, 3.8) is 0 Å². The first-order chi connectivity index (χ1) is 9.00. The van der Waals surface area contributed by atoms with E-state index < -0.39 is 5.60 Å². The minimum Gasteiger partial charge on any atom is -0.385 e. The molecule has 0 saturated carbocycles. The highest BCUT2D eigenvalue weighted by Crippen LogP contribution is 2.16. The van der Waals surface area contributed by atoms with E-state index in [1.807, 2.05) is 20.9 Å². The van der Waals surface area contributed by atoms with Gasteiger partial charge in [-0.3, -0.25) is 4.90 Å². The molecule has 1 unspecified atom stereocenters. The minimum atomic E-state index is -0.843. The SMILES string of the molecule is Cc1noc(C)c1CN(C)CC1(O)CNCCOC1. The Kier molecular flexibility index (Phi) is 4.57. The number of aryl methyl sites for hydroxylation is 2. The molecule has 0 spiro atoms.